The van der Waals surface area contributed by atoms with Crippen molar-refractivity contribution in [1.29, 1.82) is 0 Å². The van der Waals surface area contributed by atoms with E-state index in [0.717, 1.165) is 21.5 Å². The second kappa shape index (κ2) is 7.98. The number of para-hydroxylation sites is 1. The maximum atomic E-state index is 12.4. The van der Waals surface area contributed by atoms with Crippen molar-refractivity contribution in [2.24, 2.45) is 0 Å². The highest BCUT2D eigenvalue weighted by Gasteiger charge is 2.17. The normalized spacial score (nSPS) is 12.0. The van der Waals surface area contributed by atoms with Gasteiger partial charge in [-0.2, -0.15) is 0 Å². The van der Waals surface area contributed by atoms with Crippen molar-refractivity contribution in [3.05, 3.63) is 72.5 Å². The SMILES string of the molecule is CN(C)S(=O)(=O)c1cccc(CSc2nc(-c3ccco3)nc3ccccc23)c1. The van der Waals surface area contributed by atoms with E-state index in [1.807, 2.05) is 36.4 Å². The van der Waals surface area contributed by atoms with Crippen LogP contribution in [0.5, 0.6) is 0 Å². The van der Waals surface area contributed by atoms with Gasteiger partial charge in [-0.15, -0.1) is 11.8 Å². The lowest BCUT2D eigenvalue weighted by Gasteiger charge is -2.12. The molecule has 0 fully saturated rings. The fraction of sp³-hybridized carbons (Fsp3) is 0.143. The number of hydrogen-bond donors (Lipinski definition) is 0. The maximum Gasteiger partial charge on any atom is 0.242 e. The van der Waals surface area contributed by atoms with E-state index in [9.17, 15) is 8.42 Å². The number of sulfonamides is 1. The summed E-state index contributed by atoms with van der Waals surface area (Å²) < 4.78 is 31.5. The maximum absolute atomic E-state index is 12.4. The lowest BCUT2D eigenvalue weighted by Crippen LogP contribution is -2.22. The molecule has 0 aliphatic rings. The third-order valence-electron chi connectivity index (χ3n) is 4.36. The van der Waals surface area contributed by atoms with Gasteiger partial charge in [-0.3, -0.25) is 0 Å². The van der Waals surface area contributed by atoms with Crippen molar-refractivity contribution in [1.82, 2.24) is 14.3 Å². The minimum atomic E-state index is -3.47. The lowest BCUT2D eigenvalue weighted by atomic mass is 10.2. The van der Waals surface area contributed by atoms with Crippen LogP contribution in [-0.2, 0) is 15.8 Å². The summed E-state index contributed by atoms with van der Waals surface area (Å²) in [6.45, 7) is 0. The van der Waals surface area contributed by atoms with E-state index in [1.165, 1.54) is 18.4 Å². The molecule has 0 saturated heterocycles. The Morgan fingerprint density at radius 1 is 1.00 bits per heavy atom. The van der Waals surface area contributed by atoms with Crippen molar-refractivity contribution >= 4 is 32.7 Å². The van der Waals surface area contributed by atoms with Crippen molar-refractivity contribution in [2.75, 3.05) is 14.1 Å². The summed E-state index contributed by atoms with van der Waals surface area (Å²) in [5, 5.41) is 1.77. The largest absolute Gasteiger partial charge is 0.461 e. The Bertz CT molecular complexity index is 1250. The van der Waals surface area contributed by atoms with Crippen LogP contribution < -0.4 is 0 Å². The number of aromatic nitrogens is 2. The zero-order valence-electron chi connectivity index (χ0n) is 15.9. The molecule has 0 N–H and O–H groups in total. The van der Waals surface area contributed by atoms with E-state index in [0.29, 0.717) is 17.3 Å². The molecule has 2 aromatic carbocycles. The molecule has 8 heteroatoms. The Kier molecular flexibility index (Phi) is 5.40. The summed E-state index contributed by atoms with van der Waals surface area (Å²) in [5.41, 5.74) is 1.74. The lowest BCUT2D eigenvalue weighted by molar-refractivity contribution is 0.520. The van der Waals surface area contributed by atoms with Gasteiger partial charge in [-0.25, -0.2) is 22.7 Å². The third-order valence-corrected chi connectivity index (χ3v) is 7.24. The number of hydrogen-bond acceptors (Lipinski definition) is 6. The Hall–Kier alpha value is -2.68. The zero-order valence-corrected chi connectivity index (χ0v) is 17.6. The molecule has 29 heavy (non-hydrogen) atoms. The van der Waals surface area contributed by atoms with Gasteiger partial charge >= 0.3 is 0 Å². The summed E-state index contributed by atoms with van der Waals surface area (Å²) in [5.74, 6) is 1.71. The molecule has 0 bridgehead atoms. The fourth-order valence-corrected chi connectivity index (χ4v) is 4.77. The van der Waals surface area contributed by atoms with Gasteiger partial charge in [0.15, 0.2) is 11.6 Å². The summed E-state index contributed by atoms with van der Waals surface area (Å²) in [4.78, 5) is 9.57. The smallest absolute Gasteiger partial charge is 0.242 e. The monoisotopic (exact) mass is 425 g/mol. The molecular weight excluding hydrogens is 406 g/mol. The number of benzene rings is 2. The zero-order chi connectivity index (χ0) is 20.4. The molecule has 0 spiro atoms. The Morgan fingerprint density at radius 2 is 1.83 bits per heavy atom. The molecule has 0 atom stereocenters. The molecule has 2 heterocycles. The van der Waals surface area contributed by atoms with Gasteiger partial charge in [0.2, 0.25) is 10.0 Å². The molecule has 0 amide bonds. The second-order valence-electron chi connectivity index (χ2n) is 6.57. The Balaban J connectivity index is 1.67. The Morgan fingerprint density at radius 3 is 2.59 bits per heavy atom. The molecule has 6 nitrogen and oxygen atoms in total. The van der Waals surface area contributed by atoms with E-state index >= 15 is 0 Å². The highest BCUT2D eigenvalue weighted by molar-refractivity contribution is 7.98. The first-order valence-corrected chi connectivity index (χ1v) is 11.3. The van der Waals surface area contributed by atoms with Crippen molar-refractivity contribution in [2.45, 2.75) is 15.7 Å². The topological polar surface area (TPSA) is 76.3 Å². The van der Waals surface area contributed by atoms with E-state index in [4.69, 9.17) is 4.42 Å². The van der Waals surface area contributed by atoms with E-state index in [-0.39, 0.29) is 4.90 Å². The van der Waals surface area contributed by atoms with Gasteiger partial charge in [0.25, 0.3) is 0 Å². The van der Waals surface area contributed by atoms with Crippen LogP contribution in [0.15, 0.2) is 81.3 Å². The first kappa shape index (κ1) is 19.6. The highest BCUT2D eigenvalue weighted by Crippen LogP contribution is 2.31. The molecule has 0 saturated carbocycles. The quantitative estimate of drug-likeness (QED) is 0.336. The summed E-state index contributed by atoms with van der Waals surface area (Å²) >= 11 is 1.54. The third kappa shape index (κ3) is 4.05. The number of furan rings is 1. The molecule has 4 aromatic rings. The number of fused-ring (bicyclic) bond motifs is 1. The van der Waals surface area contributed by atoms with Crippen LogP contribution in [0.2, 0.25) is 0 Å². The van der Waals surface area contributed by atoms with Crippen LogP contribution in [0.3, 0.4) is 0 Å². The molecule has 0 radical (unpaired) electrons. The number of nitrogens with zero attached hydrogens (tertiary/aromatic N) is 3. The average molecular weight is 426 g/mol. The van der Waals surface area contributed by atoms with Gasteiger partial charge in [0.1, 0.15) is 5.03 Å². The van der Waals surface area contributed by atoms with Crippen LogP contribution in [-0.4, -0.2) is 36.8 Å². The van der Waals surface area contributed by atoms with Crippen LogP contribution in [0, 0.1) is 0 Å². The first-order valence-electron chi connectivity index (χ1n) is 8.90. The molecular formula is C21H19N3O3S2. The van der Waals surface area contributed by atoms with Gasteiger partial charge in [0.05, 0.1) is 16.7 Å². The summed E-state index contributed by atoms with van der Waals surface area (Å²) in [6.07, 6.45) is 1.59. The molecule has 0 aliphatic heterocycles. The molecule has 0 unspecified atom stereocenters. The average Bonchev–Trinajstić information content (AvgIpc) is 3.27. The molecule has 2 aromatic heterocycles. The Labute approximate surface area is 173 Å². The second-order valence-corrected chi connectivity index (χ2v) is 9.69. The predicted octanol–water partition coefficient (Wildman–Crippen LogP) is 4.43. The van der Waals surface area contributed by atoms with Gasteiger partial charge in [0, 0.05) is 25.2 Å². The van der Waals surface area contributed by atoms with E-state index in [1.54, 1.807) is 42.3 Å². The van der Waals surface area contributed by atoms with Gasteiger partial charge in [-0.1, -0.05) is 30.3 Å². The number of rotatable bonds is 6. The van der Waals surface area contributed by atoms with Crippen molar-refractivity contribution in [3.8, 4) is 11.6 Å². The van der Waals surface area contributed by atoms with Crippen LogP contribution in [0.25, 0.3) is 22.5 Å². The highest BCUT2D eigenvalue weighted by atomic mass is 32.2. The van der Waals surface area contributed by atoms with Gasteiger partial charge < -0.3 is 4.42 Å². The summed E-state index contributed by atoms with van der Waals surface area (Å²) in [7, 11) is -0.412. The number of thioether (sulfide) groups is 1. The minimum Gasteiger partial charge on any atom is -0.461 e. The van der Waals surface area contributed by atoms with Crippen LogP contribution in [0.4, 0.5) is 0 Å². The predicted molar refractivity (Wildman–Crippen MR) is 114 cm³/mol. The van der Waals surface area contributed by atoms with E-state index < -0.39 is 10.0 Å². The van der Waals surface area contributed by atoms with Crippen LogP contribution >= 0.6 is 11.8 Å². The van der Waals surface area contributed by atoms with Crippen LogP contribution in [0.1, 0.15) is 5.56 Å². The standard InChI is InChI=1S/C21H19N3O3S2/c1-24(2)29(25,26)16-8-5-7-15(13-16)14-28-21-17-9-3-4-10-18(17)22-20(23-21)19-11-6-12-27-19/h3-13H,14H2,1-2H3. The van der Waals surface area contributed by atoms with Crippen molar-refractivity contribution in [3.63, 3.8) is 0 Å². The molecule has 0 aliphatic carbocycles. The molecule has 4 rings (SSSR count). The minimum absolute atomic E-state index is 0.282. The molecule has 148 valence electrons. The fourth-order valence-electron chi connectivity index (χ4n) is 2.83. The van der Waals surface area contributed by atoms with E-state index in [2.05, 4.69) is 9.97 Å². The summed E-state index contributed by atoms with van der Waals surface area (Å²) in [6, 6.07) is 18.4. The van der Waals surface area contributed by atoms with Gasteiger partial charge in [-0.05, 0) is 35.9 Å². The van der Waals surface area contributed by atoms with Crippen molar-refractivity contribution < 1.29 is 12.8 Å². The first-order chi connectivity index (χ1) is 13.9.